The first-order chi connectivity index (χ1) is 5.79. The lowest BCUT2D eigenvalue weighted by Gasteiger charge is -2.17. The molecule has 0 radical (unpaired) electrons. The molecule has 72 valence electrons. The highest BCUT2D eigenvalue weighted by molar-refractivity contribution is 4.63. The first kappa shape index (κ1) is 10.0. The van der Waals surface area contributed by atoms with E-state index in [9.17, 15) is 5.11 Å². The second-order valence-electron chi connectivity index (χ2n) is 4.33. The molecular formula is C11H22O. The smallest absolute Gasteiger partial charge is 0.0540 e. The summed E-state index contributed by atoms with van der Waals surface area (Å²) in [6.07, 6.45) is 9.97. The van der Waals surface area contributed by atoms with Gasteiger partial charge in [-0.3, -0.25) is 0 Å². The second kappa shape index (κ2) is 5.58. The van der Waals surface area contributed by atoms with Gasteiger partial charge in [-0.1, -0.05) is 39.0 Å². The van der Waals surface area contributed by atoms with Gasteiger partial charge in [0.05, 0.1) is 6.10 Å². The zero-order valence-corrected chi connectivity index (χ0v) is 8.26. The van der Waals surface area contributed by atoms with E-state index < -0.39 is 0 Å². The van der Waals surface area contributed by atoms with Crippen molar-refractivity contribution in [2.45, 2.75) is 64.4 Å². The summed E-state index contributed by atoms with van der Waals surface area (Å²) in [5.41, 5.74) is 0. The molecule has 0 bridgehead atoms. The standard InChI is InChI=1S/C11H22O/c1-10-6-4-2-3-5-7-11(12)9-8-10/h10-12H,2-9H2,1H3. The van der Waals surface area contributed by atoms with Crippen LogP contribution in [-0.2, 0) is 0 Å². The molecule has 1 saturated carbocycles. The van der Waals surface area contributed by atoms with E-state index in [0.29, 0.717) is 0 Å². The lowest BCUT2D eigenvalue weighted by molar-refractivity contribution is 0.139. The lowest BCUT2D eigenvalue weighted by atomic mass is 9.93. The summed E-state index contributed by atoms with van der Waals surface area (Å²) in [5, 5.41) is 9.55. The summed E-state index contributed by atoms with van der Waals surface area (Å²) in [6, 6.07) is 0. The van der Waals surface area contributed by atoms with E-state index in [4.69, 9.17) is 0 Å². The van der Waals surface area contributed by atoms with Gasteiger partial charge in [-0.2, -0.15) is 0 Å². The third-order valence-electron chi connectivity index (χ3n) is 2.98. The van der Waals surface area contributed by atoms with Crippen LogP contribution < -0.4 is 0 Å². The molecule has 0 amide bonds. The molecule has 1 nitrogen and oxygen atoms in total. The Bertz CT molecular complexity index is 97.6. The molecule has 0 aliphatic heterocycles. The summed E-state index contributed by atoms with van der Waals surface area (Å²) in [4.78, 5) is 0. The van der Waals surface area contributed by atoms with Gasteiger partial charge in [0, 0.05) is 0 Å². The molecule has 1 N–H and O–H groups in total. The fourth-order valence-electron chi connectivity index (χ4n) is 1.99. The van der Waals surface area contributed by atoms with Crippen LogP contribution in [-0.4, -0.2) is 11.2 Å². The summed E-state index contributed by atoms with van der Waals surface area (Å²) in [5.74, 6) is 0.831. The van der Waals surface area contributed by atoms with E-state index in [0.717, 1.165) is 18.8 Å². The van der Waals surface area contributed by atoms with Crippen molar-refractivity contribution in [2.24, 2.45) is 5.92 Å². The second-order valence-corrected chi connectivity index (χ2v) is 4.33. The third-order valence-corrected chi connectivity index (χ3v) is 2.98. The van der Waals surface area contributed by atoms with Crippen molar-refractivity contribution in [1.82, 2.24) is 0 Å². The Hall–Kier alpha value is -0.0400. The minimum Gasteiger partial charge on any atom is -0.393 e. The average Bonchev–Trinajstić information content (AvgIpc) is 2.07. The molecule has 1 rings (SSSR count). The maximum Gasteiger partial charge on any atom is 0.0540 e. The Morgan fingerprint density at radius 3 is 2.25 bits per heavy atom. The van der Waals surface area contributed by atoms with Crippen molar-refractivity contribution in [3.63, 3.8) is 0 Å². The highest BCUT2D eigenvalue weighted by Crippen LogP contribution is 2.20. The lowest BCUT2D eigenvalue weighted by Crippen LogP contribution is -2.10. The van der Waals surface area contributed by atoms with Crippen LogP contribution in [0, 0.1) is 5.92 Å². The highest BCUT2D eigenvalue weighted by atomic mass is 16.3. The van der Waals surface area contributed by atoms with Gasteiger partial charge >= 0.3 is 0 Å². The zero-order chi connectivity index (χ0) is 8.81. The van der Waals surface area contributed by atoms with E-state index in [2.05, 4.69) is 6.92 Å². The third kappa shape index (κ3) is 4.10. The maximum absolute atomic E-state index is 9.55. The van der Waals surface area contributed by atoms with Gasteiger partial charge in [0.1, 0.15) is 0 Å². The molecule has 1 heteroatoms. The summed E-state index contributed by atoms with van der Waals surface area (Å²) >= 11 is 0. The number of aliphatic hydroxyl groups is 1. The van der Waals surface area contributed by atoms with Crippen LogP contribution in [0.5, 0.6) is 0 Å². The van der Waals surface area contributed by atoms with Gasteiger partial charge in [0.25, 0.3) is 0 Å². The number of hydrogen-bond donors (Lipinski definition) is 1. The van der Waals surface area contributed by atoms with Crippen molar-refractivity contribution >= 4 is 0 Å². The van der Waals surface area contributed by atoms with Crippen LogP contribution in [0.3, 0.4) is 0 Å². The van der Waals surface area contributed by atoms with E-state index >= 15 is 0 Å². The minimum absolute atomic E-state index is 0.00875. The van der Waals surface area contributed by atoms with Crippen LogP contribution in [0.15, 0.2) is 0 Å². The Morgan fingerprint density at radius 2 is 1.50 bits per heavy atom. The van der Waals surface area contributed by atoms with Gasteiger partial charge in [-0.25, -0.2) is 0 Å². The van der Waals surface area contributed by atoms with E-state index in [1.54, 1.807) is 0 Å². The first-order valence-electron chi connectivity index (χ1n) is 5.47. The molecule has 12 heavy (non-hydrogen) atoms. The molecule has 0 aromatic carbocycles. The minimum atomic E-state index is -0.00875. The van der Waals surface area contributed by atoms with E-state index in [1.807, 2.05) is 0 Å². The molecule has 2 atom stereocenters. The predicted molar refractivity (Wildman–Crippen MR) is 52.1 cm³/mol. The molecule has 0 spiro atoms. The van der Waals surface area contributed by atoms with Crippen LogP contribution >= 0.6 is 0 Å². The Balaban J connectivity index is 2.23. The van der Waals surface area contributed by atoms with Crippen LogP contribution in [0.2, 0.25) is 0 Å². The monoisotopic (exact) mass is 170 g/mol. The van der Waals surface area contributed by atoms with Gasteiger partial charge in [-0.15, -0.1) is 0 Å². The van der Waals surface area contributed by atoms with Crippen molar-refractivity contribution in [2.75, 3.05) is 0 Å². The molecule has 0 aromatic heterocycles. The zero-order valence-electron chi connectivity index (χ0n) is 8.26. The molecule has 2 unspecified atom stereocenters. The summed E-state index contributed by atoms with van der Waals surface area (Å²) in [7, 11) is 0. The molecular weight excluding hydrogens is 148 g/mol. The quantitative estimate of drug-likeness (QED) is 0.592. The Labute approximate surface area is 76.2 Å². The van der Waals surface area contributed by atoms with Crippen LogP contribution in [0.4, 0.5) is 0 Å². The molecule has 0 aromatic rings. The van der Waals surface area contributed by atoms with Crippen molar-refractivity contribution in [3.05, 3.63) is 0 Å². The molecule has 1 fully saturated rings. The van der Waals surface area contributed by atoms with Crippen LogP contribution in [0.1, 0.15) is 58.3 Å². The normalized spacial score (nSPS) is 34.5. The van der Waals surface area contributed by atoms with E-state index in [-0.39, 0.29) is 6.10 Å². The van der Waals surface area contributed by atoms with Crippen molar-refractivity contribution < 1.29 is 5.11 Å². The molecule has 1 aliphatic carbocycles. The number of rotatable bonds is 0. The molecule has 1 aliphatic rings. The summed E-state index contributed by atoms with van der Waals surface area (Å²) in [6.45, 7) is 2.31. The van der Waals surface area contributed by atoms with Gasteiger partial charge in [0.2, 0.25) is 0 Å². The van der Waals surface area contributed by atoms with Crippen LogP contribution in [0.25, 0.3) is 0 Å². The topological polar surface area (TPSA) is 20.2 Å². The Morgan fingerprint density at radius 1 is 0.833 bits per heavy atom. The van der Waals surface area contributed by atoms with Gasteiger partial charge < -0.3 is 5.11 Å². The predicted octanol–water partition coefficient (Wildman–Crippen LogP) is 3.12. The largest absolute Gasteiger partial charge is 0.393 e. The molecule has 0 saturated heterocycles. The molecule has 0 heterocycles. The average molecular weight is 170 g/mol. The highest BCUT2D eigenvalue weighted by Gasteiger charge is 2.09. The number of hydrogen-bond acceptors (Lipinski definition) is 1. The maximum atomic E-state index is 9.55. The summed E-state index contributed by atoms with van der Waals surface area (Å²) < 4.78 is 0. The fourth-order valence-corrected chi connectivity index (χ4v) is 1.99. The van der Waals surface area contributed by atoms with E-state index in [1.165, 1.54) is 38.5 Å². The number of aliphatic hydroxyl groups excluding tert-OH is 1. The Kier molecular flexibility index (Phi) is 4.67. The fraction of sp³-hybridized carbons (Fsp3) is 1.00. The van der Waals surface area contributed by atoms with Gasteiger partial charge in [-0.05, 0) is 25.2 Å². The van der Waals surface area contributed by atoms with Crippen molar-refractivity contribution in [1.29, 1.82) is 0 Å². The SMILES string of the molecule is CC1CCCCCCC(O)CC1. The van der Waals surface area contributed by atoms with Crippen molar-refractivity contribution in [3.8, 4) is 0 Å². The van der Waals surface area contributed by atoms with Gasteiger partial charge in [0.15, 0.2) is 0 Å². The first-order valence-corrected chi connectivity index (χ1v) is 5.47.